The van der Waals surface area contributed by atoms with Crippen molar-refractivity contribution in [2.75, 3.05) is 26.2 Å². The van der Waals surface area contributed by atoms with Crippen molar-refractivity contribution in [1.29, 1.82) is 0 Å². The molecule has 3 rings (SSSR count). The number of fused-ring (bicyclic) bond motifs is 1. The van der Waals surface area contributed by atoms with E-state index in [2.05, 4.69) is 10.3 Å². The third-order valence-corrected chi connectivity index (χ3v) is 8.52. The molecule has 2 heterocycles. The van der Waals surface area contributed by atoms with Gasteiger partial charge in [-0.25, -0.2) is 8.42 Å². The van der Waals surface area contributed by atoms with Gasteiger partial charge in [-0.2, -0.15) is 4.31 Å². The van der Waals surface area contributed by atoms with Crippen molar-refractivity contribution in [2.45, 2.75) is 36.9 Å². The van der Waals surface area contributed by atoms with Crippen molar-refractivity contribution in [1.82, 2.24) is 9.62 Å². The molecule has 0 fully saturated rings. The number of nitrogens with one attached hydrogen (secondary N) is 1. The molecule has 3 N–H and O–H groups in total. The van der Waals surface area contributed by atoms with Crippen LogP contribution in [0.4, 0.5) is 0 Å². The number of sulfonamides is 1. The van der Waals surface area contributed by atoms with Gasteiger partial charge in [0.15, 0.2) is 5.96 Å². The van der Waals surface area contributed by atoms with E-state index in [1.807, 2.05) is 44.2 Å². The number of nitrogens with zero attached hydrogens (tertiary/aromatic N) is 2. The highest BCUT2D eigenvalue weighted by atomic mass is 127. The first kappa shape index (κ1) is 24.9. The van der Waals surface area contributed by atoms with E-state index in [1.54, 1.807) is 6.07 Å². The summed E-state index contributed by atoms with van der Waals surface area (Å²) < 4.78 is 32.7. The number of aliphatic imine (C=N–C) groups is 1. The van der Waals surface area contributed by atoms with Crippen LogP contribution in [0.5, 0.6) is 5.75 Å². The molecule has 1 aliphatic rings. The predicted octanol–water partition coefficient (Wildman–Crippen LogP) is 3.37. The smallest absolute Gasteiger partial charge is 0.252 e. The van der Waals surface area contributed by atoms with Crippen LogP contribution >= 0.6 is 35.3 Å². The van der Waals surface area contributed by atoms with Crippen LogP contribution in [0.1, 0.15) is 36.8 Å². The first-order chi connectivity index (χ1) is 14.0. The highest BCUT2D eigenvalue weighted by molar-refractivity contribution is 14.0. The number of para-hydroxylation sites is 1. The highest BCUT2D eigenvalue weighted by Crippen LogP contribution is 2.31. The number of rotatable bonds is 8. The van der Waals surface area contributed by atoms with E-state index in [0.717, 1.165) is 22.6 Å². The van der Waals surface area contributed by atoms with Crippen molar-refractivity contribution in [3.8, 4) is 5.75 Å². The van der Waals surface area contributed by atoms with E-state index in [4.69, 9.17) is 10.5 Å². The number of hydrogen-bond donors (Lipinski definition) is 2. The molecule has 10 heteroatoms. The first-order valence-electron chi connectivity index (χ1n) is 9.82. The van der Waals surface area contributed by atoms with Gasteiger partial charge in [0.2, 0.25) is 0 Å². The van der Waals surface area contributed by atoms with Gasteiger partial charge in [0.25, 0.3) is 10.0 Å². The minimum atomic E-state index is -3.40. The monoisotopic (exact) mass is 564 g/mol. The quantitative estimate of drug-likeness (QED) is 0.291. The predicted molar refractivity (Wildman–Crippen MR) is 132 cm³/mol. The van der Waals surface area contributed by atoms with E-state index < -0.39 is 10.0 Å². The van der Waals surface area contributed by atoms with Crippen molar-refractivity contribution >= 4 is 51.3 Å². The molecule has 1 aromatic carbocycles. The third kappa shape index (κ3) is 5.86. The maximum atomic E-state index is 12.6. The van der Waals surface area contributed by atoms with Gasteiger partial charge in [-0.3, -0.25) is 4.99 Å². The van der Waals surface area contributed by atoms with Gasteiger partial charge in [-0.15, -0.1) is 35.3 Å². The van der Waals surface area contributed by atoms with Gasteiger partial charge >= 0.3 is 0 Å². The lowest BCUT2D eigenvalue weighted by molar-refractivity contribution is 0.262. The van der Waals surface area contributed by atoms with Gasteiger partial charge in [-0.1, -0.05) is 32.0 Å². The maximum Gasteiger partial charge on any atom is 0.252 e. The Balaban J connectivity index is 0.00000320. The van der Waals surface area contributed by atoms with Gasteiger partial charge in [0.05, 0.1) is 12.6 Å². The number of halogens is 1. The zero-order valence-electron chi connectivity index (χ0n) is 17.2. The number of hydrogen-bond acceptors (Lipinski definition) is 5. The average molecular weight is 565 g/mol. The molecule has 30 heavy (non-hydrogen) atoms. The Bertz CT molecular complexity index is 958. The molecular weight excluding hydrogens is 535 g/mol. The Morgan fingerprint density at radius 1 is 1.27 bits per heavy atom. The lowest BCUT2D eigenvalue weighted by atomic mass is 10.0. The minimum absolute atomic E-state index is 0. The van der Waals surface area contributed by atoms with Crippen molar-refractivity contribution < 1.29 is 13.2 Å². The fourth-order valence-corrected chi connectivity index (χ4v) is 6.28. The summed E-state index contributed by atoms with van der Waals surface area (Å²) in [5.41, 5.74) is 7.16. The van der Waals surface area contributed by atoms with E-state index in [9.17, 15) is 8.42 Å². The van der Waals surface area contributed by atoms with Crippen LogP contribution in [-0.2, 0) is 16.4 Å². The first-order valence-corrected chi connectivity index (χ1v) is 12.1. The normalized spacial score (nSPS) is 16.5. The van der Waals surface area contributed by atoms with Crippen molar-refractivity contribution in [2.24, 2.45) is 10.7 Å². The molecule has 1 aromatic heterocycles. The summed E-state index contributed by atoms with van der Waals surface area (Å²) in [6, 6.07) is 11.5. The number of nitrogens with two attached hydrogens (primary N) is 1. The fourth-order valence-electron chi connectivity index (χ4n) is 3.32. The summed E-state index contributed by atoms with van der Waals surface area (Å²) in [5, 5.41) is 3.27. The minimum Gasteiger partial charge on any atom is -0.493 e. The summed E-state index contributed by atoms with van der Waals surface area (Å²) in [4.78, 5) is 5.39. The van der Waals surface area contributed by atoms with Crippen LogP contribution in [0.25, 0.3) is 0 Å². The number of benzene rings is 1. The molecular formula is C20H29IN4O3S2. The van der Waals surface area contributed by atoms with E-state index in [0.29, 0.717) is 42.8 Å². The Labute approximate surface area is 199 Å². The van der Waals surface area contributed by atoms with Crippen LogP contribution in [0.3, 0.4) is 0 Å². The molecule has 1 atom stereocenters. The van der Waals surface area contributed by atoms with Gasteiger partial charge < -0.3 is 15.8 Å². The number of ether oxygens (including phenoxy) is 1. The Morgan fingerprint density at radius 2 is 2.00 bits per heavy atom. The fraction of sp³-hybridized carbons (Fsp3) is 0.450. The van der Waals surface area contributed by atoms with E-state index in [1.165, 1.54) is 15.6 Å². The van der Waals surface area contributed by atoms with E-state index in [-0.39, 0.29) is 30.0 Å². The lowest BCUT2D eigenvalue weighted by Gasteiger charge is -2.26. The SMILES string of the molecule is CCN(CC)S(=O)(=O)c1ccc(CCN=C(N)NC2CCOc3ccccc32)s1.I. The molecule has 0 saturated carbocycles. The molecule has 0 radical (unpaired) electrons. The second kappa shape index (κ2) is 11.3. The summed E-state index contributed by atoms with van der Waals surface area (Å²) in [6.45, 7) is 5.76. The summed E-state index contributed by atoms with van der Waals surface area (Å²) in [7, 11) is -3.40. The maximum absolute atomic E-state index is 12.6. The second-order valence-corrected chi connectivity index (χ2v) is 10.0. The number of thiophene rings is 1. The Kier molecular flexibility index (Phi) is 9.38. The largest absolute Gasteiger partial charge is 0.493 e. The summed E-state index contributed by atoms with van der Waals surface area (Å²) in [6.07, 6.45) is 1.47. The van der Waals surface area contributed by atoms with Crippen molar-refractivity contribution in [3.05, 3.63) is 46.8 Å². The molecule has 0 aliphatic carbocycles. The second-order valence-electron chi connectivity index (χ2n) is 6.70. The molecule has 7 nitrogen and oxygen atoms in total. The van der Waals surface area contributed by atoms with Gasteiger partial charge in [-0.05, 0) is 18.2 Å². The Morgan fingerprint density at radius 3 is 2.73 bits per heavy atom. The summed E-state index contributed by atoms with van der Waals surface area (Å²) in [5.74, 6) is 1.27. The Hall–Kier alpha value is -1.37. The number of guanidine groups is 1. The topological polar surface area (TPSA) is 97.0 Å². The average Bonchev–Trinajstić information content (AvgIpc) is 3.19. The molecule has 1 unspecified atom stereocenters. The van der Waals surface area contributed by atoms with Crippen LogP contribution < -0.4 is 15.8 Å². The van der Waals surface area contributed by atoms with Gasteiger partial charge in [0, 0.05) is 42.9 Å². The van der Waals surface area contributed by atoms with Crippen LogP contribution in [0.15, 0.2) is 45.6 Å². The molecule has 0 saturated heterocycles. The van der Waals surface area contributed by atoms with Crippen LogP contribution in [0.2, 0.25) is 0 Å². The van der Waals surface area contributed by atoms with Crippen LogP contribution in [-0.4, -0.2) is 44.9 Å². The summed E-state index contributed by atoms with van der Waals surface area (Å²) >= 11 is 1.30. The molecule has 2 aromatic rings. The van der Waals surface area contributed by atoms with Crippen molar-refractivity contribution in [3.63, 3.8) is 0 Å². The molecule has 0 spiro atoms. The standard InChI is InChI=1S/C20H28N4O3S2.HI/c1-3-24(4-2)29(25,26)19-10-9-15(28-19)11-13-22-20(21)23-17-12-14-27-18-8-6-5-7-16(17)18;/h5-10,17H,3-4,11-14H2,1-2H3,(H3,21,22,23);1H. The van der Waals surface area contributed by atoms with Crippen LogP contribution in [0, 0.1) is 0 Å². The highest BCUT2D eigenvalue weighted by Gasteiger charge is 2.23. The lowest BCUT2D eigenvalue weighted by Crippen LogP contribution is -2.37. The molecule has 166 valence electrons. The zero-order valence-corrected chi connectivity index (χ0v) is 21.2. The molecule has 1 aliphatic heterocycles. The molecule has 0 amide bonds. The zero-order chi connectivity index (χ0) is 20.9. The molecule has 0 bridgehead atoms. The third-order valence-electron chi connectivity index (χ3n) is 4.86. The van der Waals surface area contributed by atoms with Gasteiger partial charge in [0.1, 0.15) is 9.96 Å². The van der Waals surface area contributed by atoms with E-state index >= 15 is 0 Å².